The van der Waals surface area contributed by atoms with Gasteiger partial charge in [0.2, 0.25) is 10.0 Å². The molecule has 3 heterocycles. The molecule has 1 unspecified atom stereocenters. The second-order valence-corrected chi connectivity index (χ2v) is 9.88. The molecule has 1 atom stereocenters. The van der Waals surface area contributed by atoms with Crippen LogP contribution in [0.1, 0.15) is 23.6 Å². The molecule has 0 saturated carbocycles. The monoisotopic (exact) mass is 517 g/mol. The van der Waals surface area contributed by atoms with Crippen LogP contribution < -0.4 is 4.72 Å². The highest BCUT2D eigenvalue weighted by Gasteiger charge is 2.39. The zero-order chi connectivity index (χ0) is 26.4. The second-order valence-electron chi connectivity index (χ2n) is 8.20. The van der Waals surface area contributed by atoms with Gasteiger partial charge in [-0.25, -0.2) is 17.8 Å². The number of aromatic nitrogens is 3. The van der Waals surface area contributed by atoms with Crippen molar-refractivity contribution < 1.29 is 26.0 Å². The molecule has 36 heavy (non-hydrogen) atoms. The van der Waals surface area contributed by atoms with Gasteiger partial charge in [-0.05, 0) is 62.2 Å². The van der Waals surface area contributed by atoms with Crippen molar-refractivity contribution in [2.24, 2.45) is 0 Å². The topological polar surface area (TPSA) is 101 Å². The van der Waals surface area contributed by atoms with Crippen LogP contribution in [-0.4, -0.2) is 35.2 Å². The van der Waals surface area contributed by atoms with Gasteiger partial charge in [0.25, 0.3) is 0 Å². The van der Waals surface area contributed by atoms with Crippen LogP contribution in [0.5, 0.6) is 0 Å². The zero-order valence-electron chi connectivity index (χ0n) is 19.2. The largest absolute Gasteiger partial charge is 0.404 e. The predicted octanol–water partition coefficient (Wildman–Crippen LogP) is 4.94. The minimum atomic E-state index is -4.77. The summed E-state index contributed by atoms with van der Waals surface area (Å²) in [5.41, 5.74) is 1.40. The lowest BCUT2D eigenvalue weighted by Crippen LogP contribution is -2.43. The minimum absolute atomic E-state index is 0.0841. The zero-order valence-corrected chi connectivity index (χ0v) is 20.0. The molecule has 0 saturated heterocycles. The highest BCUT2D eigenvalue weighted by atomic mass is 32.2. The van der Waals surface area contributed by atoms with Gasteiger partial charge in [0.05, 0.1) is 22.5 Å². The van der Waals surface area contributed by atoms with Crippen molar-refractivity contribution in [3.63, 3.8) is 0 Å². The molecule has 0 fully saturated rings. The number of nitrogens with zero attached hydrogens (tertiary/aromatic N) is 4. The molecule has 7 nitrogen and oxygen atoms in total. The van der Waals surface area contributed by atoms with Gasteiger partial charge in [-0.1, -0.05) is 6.07 Å². The summed E-state index contributed by atoms with van der Waals surface area (Å²) in [6.07, 6.45) is -2.30. The highest BCUT2D eigenvalue weighted by molar-refractivity contribution is 7.89. The smallest absolute Gasteiger partial charge is 0.291 e. The van der Waals surface area contributed by atoms with E-state index in [0.717, 1.165) is 6.20 Å². The van der Waals surface area contributed by atoms with E-state index >= 15 is 0 Å². The Bertz CT molecular complexity index is 1620. The van der Waals surface area contributed by atoms with E-state index in [9.17, 15) is 31.2 Å². The van der Waals surface area contributed by atoms with E-state index in [1.165, 1.54) is 25.3 Å². The number of nitriles is 1. The van der Waals surface area contributed by atoms with E-state index in [1.54, 1.807) is 40.5 Å². The number of hydrogen-bond donors (Lipinski definition) is 1. The van der Waals surface area contributed by atoms with Crippen LogP contribution in [0.2, 0.25) is 0 Å². The molecule has 0 aliphatic carbocycles. The van der Waals surface area contributed by atoms with Gasteiger partial charge in [-0.3, -0.25) is 9.55 Å². The number of fused-ring (bicyclic) bond motifs is 1. The fraction of sp³-hybridized carbons (Fsp3) is 0.208. The summed E-state index contributed by atoms with van der Waals surface area (Å²) in [7, 11) is -4.55. The van der Waals surface area contributed by atoms with Crippen molar-refractivity contribution in [3.05, 3.63) is 71.3 Å². The van der Waals surface area contributed by atoms with Crippen molar-refractivity contribution in [3.8, 4) is 23.3 Å². The Balaban J connectivity index is 1.95. The molecule has 0 aliphatic heterocycles. The van der Waals surface area contributed by atoms with E-state index in [1.807, 2.05) is 0 Å². The van der Waals surface area contributed by atoms with Crippen LogP contribution >= 0.6 is 0 Å². The summed E-state index contributed by atoms with van der Waals surface area (Å²) < 4.78 is 81.7. The standard InChI is InChI=1S/C24H19F4N5O2S/c1-13-9-20-16(10-18(13)25)17(11-29)23(33(20)22-6-4-5-7-30-22)19-8-14(2)21(12-31-19)36(34,35)32-15(3)24(26,27)28/h4-10,12,15,32H,1-3H3. The van der Waals surface area contributed by atoms with Crippen LogP contribution in [0.3, 0.4) is 0 Å². The first kappa shape index (κ1) is 25.3. The van der Waals surface area contributed by atoms with Gasteiger partial charge < -0.3 is 0 Å². The summed E-state index contributed by atoms with van der Waals surface area (Å²) in [5, 5.41) is 10.3. The van der Waals surface area contributed by atoms with Crippen molar-refractivity contribution in [2.75, 3.05) is 0 Å². The summed E-state index contributed by atoms with van der Waals surface area (Å²) in [5.74, 6) is -0.110. The lowest BCUT2D eigenvalue weighted by molar-refractivity contribution is -0.147. The number of pyridine rings is 2. The van der Waals surface area contributed by atoms with Crippen LogP contribution in [0, 0.1) is 31.0 Å². The highest BCUT2D eigenvalue weighted by Crippen LogP contribution is 2.37. The molecule has 0 bridgehead atoms. The molecule has 3 aromatic heterocycles. The molecule has 0 amide bonds. The number of alkyl halides is 3. The Kier molecular flexibility index (Phi) is 6.32. The third kappa shape index (κ3) is 4.43. The Hall–Kier alpha value is -3.82. The van der Waals surface area contributed by atoms with Crippen LogP contribution in [0.25, 0.3) is 28.1 Å². The van der Waals surface area contributed by atoms with Crippen LogP contribution in [0.15, 0.2) is 53.7 Å². The molecule has 186 valence electrons. The van der Waals surface area contributed by atoms with E-state index in [4.69, 9.17) is 0 Å². The van der Waals surface area contributed by atoms with E-state index in [-0.39, 0.29) is 22.5 Å². The molecule has 1 aromatic carbocycles. The Morgan fingerprint density at radius 2 is 1.83 bits per heavy atom. The Morgan fingerprint density at radius 1 is 1.11 bits per heavy atom. The number of halogens is 4. The number of hydrogen-bond acceptors (Lipinski definition) is 5. The van der Waals surface area contributed by atoms with Crippen LogP contribution in [-0.2, 0) is 10.0 Å². The minimum Gasteiger partial charge on any atom is -0.291 e. The number of nitrogens with one attached hydrogen (secondary N) is 1. The lowest BCUT2D eigenvalue weighted by Gasteiger charge is -2.18. The molecular weight excluding hydrogens is 498 g/mol. The van der Waals surface area contributed by atoms with Gasteiger partial charge in [0, 0.05) is 17.8 Å². The average molecular weight is 518 g/mol. The van der Waals surface area contributed by atoms with Gasteiger partial charge in [-0.15, -0.1) is 0 Å². The second kappa shape index (κ2) is 9.00. The molecule has 12 heteroatoms. The first-order chi connectivity index (χ1) is 16.8. The quantitative estimate of drug-likeness (QED) is 0.378. The van der Waals surface area contributed by atoms with Crippen molar-refractivity contribution >= 4 is 20.9 Å². The van der Waals surface area contributed by atoms with E-state index in [2.05, 4.69) is 16.0 Å². The fourth-order valence-corrected chi connectivity index (χ4v) is 5.21. The normalized spacial score (nSPS) is 13.1. The SMILES string of the molecule is Cc1cc2c(cc1F)c(C#N)c(-c1cc(C)c(S(=O)(=O)NC(C)C(F)(F)F)cn1)n2-c1ccccn1. The number of aryl methyl sites for hydroxylation is 2. The third-order valence-corrected chi connectivity index (χ3v) is 7.33. The summed E-state index contributed by atoms with van der Waals surface area (Å²) in [6.45, 7) is 3.68. The number of rotatable bonds is 5. The fourth-order valence-electron chi connectivity index (χ4n) is 3.81. The van der Waals surface area contributed by atoms with Crippen molar-refractivity contribution in [1.29, 1.82) is 5.26 Å². The van der Waals surface area contributed by atoms with Gasteiger partial charge in [0.15, 0.2) is 0 Å². The number of sulfonamides is 1. The molecule has 0 radical (unpaired) electrons. The number of benzene rings is 1. The summed E-state index contributed by atoms with van der Waals surface area (Å²) in [4.78, 5) is 8.08. The van der Waals surface area contributed by atoms with Crippen LogP contribution in [0.4, 0.5) is 17.6 Å². The molecule has 0 spiro atoms. The molecule has 1 N–H and O–H groups in total. The van der Waals surface area contributed by atoms with Crippen molar-refractivity contribution in [2.45, 2.75) is 37.9 Å². The van der Waals surface area contributed by atoms with Crippen molar-refractivity contribution in [1.82, 2.24) is 19.3 Å². The average Bonchev–Trinajstić information content (AvgIpc) is 3.11. The van der Waals surface area contributed by atoms with E-state index in [0.29, 0.717) is 29.2 Å². The van der Waals surface area contributed by atoms with Gasteiger partial charge in [0.1, 0.15) is 28.6 Å². The first-order valence-corrected chi connectivity index (χ1v) is 12.1. The maximum absolute atomic E-state index is 14.4. The third-order valence-electron chi connectivity index (χ3n) is 5.66. The molecule has 0 aliphatic rings. The summed E-state index contributed by atoms with van der Waals surface area (Å²) in [6, 6.07) is 9.02. The molecular formula is C24H19F4N5O2S. The summed E-state index contributed by atoms with van der Waals surface area (Å²) >= 11 is 0. The maximum atomic E-state index is 14.4. The van der Waals surface area contributed by atoms with Gasteiger partial charge in [-0.2, -0.15) is 23.2 Å². The predicted molar refractivity (Wildman–Crippen MR) is 124 cm³/mol. The Labute approximate surface area is 204 Å². The van der Waals surface area contributed by atoms with Gasteiger partial charge >= 0.3 is 6.18 Å². The lowest BCUT2D eigenvalue weighted by atomic mass is 10.1. The molecule has 4 aromatic rings. The maximum Gasteiger partial charge on any atom is 0.404 e. The molecule has 4 rings (SSSR count). The van der Waals surface area contributed by atoms with E-state index < -0.39 is 33.0 Å². The Morgan fingerprint density at radius 3 is 2.42 bits per heavy atom. The first-order valence-electron chi connectivity index (χ1n) is 10.6.